The fraction of sp³-hybridized carbons (Fsp3) is 0.500. The minimum Gasteiger partial charge on any atom is -0.490 e. The molecule has 212 valence electrons. The van der Waals surface area contributed by atoms with E-state index in [-0.39, 0.29) is 31.0 Å². The molecule has 0 N–H and O–H groups in total. The molecule has 3 aliphatic heterocycles. The van der Waals surface area contributed by atoms with Gasteiger partial charge in [0.15, 0.2) is 31.2 Å². The van der Waals surface area contributed by atoms with Crippen LogP contribution in [0, 0.1) is 17.6 Å². The predicted octanol–water partition coefficient (Wildman–Crippen LogP) is 3.51. The first kappa shape index (κ1) is 28.3. The van der Waals surface area contributed by atoms with Gasteiger partial charge in [-0.15, -0.1) is 0 Å². The first-order valence-electron chi connectivity index (χ1n) is 12.7. The van der Waals surface area contributed by atoms with Crippen molar-refractivity contribution in [3.8, 4) is 5.75 Å². The van der Waals surface area contributed by atoms with Crippen LogP contribution in [0.15, 0.2) is 41.3 Å². The molecule has 0 saturated carbocycles. The Hall–Kier alpha value is -2.28. The zero-order valence-corrected chi connectivity index (χ0v) is 23.3. The van der Waals surface area contributed by atoms with E-state index >= 15 is 4.39 Å². The average molecular weight is 604 g/mol. The maximum absolute atomic E-state index is 15.5. The summed E-state index contributed by atoms with van der Waals surface area (Å²) in [5, 5.41) is 0.297. The van der Waals surface area contributed by atoms with Gasteiger partial charge in [0.2, 0.25) is 5.91 Å². The highest BCUT2D eigenvalue weighted by atomic mass is 35.5. The molecule has 2 saturated heterocycles. The van der Waals surface area contributed by atoms with E-state index in [0.29, 0.717) is 18.1 Å². The number of hydrogen-bond acceptors (Lipinski definition) is 7. The Kier molecular flexibility index (Phi) is 7.68. The molecular weight excluding hydrogens is 576 g/mol. The van der Waals surface area contributed by atoms with Crippen LogP contribution in [0.3, 0.4) is 0 Å². The van der Waals surface area contributed by atoms with E-state index in [1.54, 1.807) is 0 Å². The summed E-state index contributed by atoms with van der Waals surface area (Å²) in [6.07, 6.45) is 0.329. The fourth-order valence-corrected chi connectivity index (χ4v) is 9.71. The Labute approximate surface area is 231 Å². The van der Waals surface area contributed by atoms with E-state index in [1.807, 2.05) is 0 Å². The summed E-state index contributed by atoms with van der Waals surface area (Å²) >= 11 is 5.97. The molecule has 8 nitrogen and oxygen atoms in total. The molecule has 5 rings (SSSR count). The van der Waals surface area contributed by atoms with E-state index in [2.05, 4.69) is 0 Å². The lowest BCUT2D eigenvalue weighted by atomic mass is 9.75. The number of fused-ring (bicyclic) bond motifs is 3. The van der Waals surface area contributed by atoms with Gasteiger partial charge in [-0.05, 0) is 62.1 Å². The second-order valence-corrected chi connectivity index (χ2v) is 15.0. The predicted molar refractivity (Wildman–Crippen MR) is 139 cm³/mol. The van der Waals surface area contributed by atoms with Crippen LogP contribution in [0.5, 0.6) is 5.75 Å². The standard InChI is InChI=1S/C26H28ClF2NO7S2/c27-17-3-5-18(6-4-17)39(34,35)26-10-13-36-22(9-14-38(32,33)16-23(31)30-11-1-2-12-30)19(26)15-37-25-21(29)8-7-20(28)24(25)26/h3-8,19,22H,1-2,9-16H2/t19-,22-,26-/m0/s1. The Morgan fingerprint density at radius 1 is 1.03 bits per heavy atom. The number of hydrogen-bond donors (Lipinski definition) is 0. The maximum Gasteiger partial charge on any atom is 0.237 e. The number of halogens is 3. The van der Waals surface area contributed by atoms with Crippen molar-refractivity contribution < 1.29 is 39.9 Å². The van der Waals surface area contributed by atoms with E-state index in [4.69, 9.17) is 21.1 Å². The molecule has 3 aliphatic rings. The first-order valence-corrected chi connectivity index (χ1v) is 16.4. The Morgan fingerprint density at radius 3 is 2.38 bits per heavy atom. The van der Waals surface area contributed by atoms with Gasteiger partial charge in [-0.2, -0.15) is 0 Å². The van der Waals surface area contributed by atoms with E-state index in [1.165, 1.54) is 29.2 Å². The number of rotatable bonds is 7. The van der Waals surface area contributed by atoms with Gasteiger partial charge < -0.3 is 14.4 Å². The lowest BCUT2D eigenvalue weighted by Gasteiger charge is -2.50. The zero-order chi connectivity index (χ0) is 28.0. The van der Waals surface area contributed by atoms with Crippen molar-refractivity contribution in [3.05, 3.63) is 58.6 Å². The van der Waals surface area contributed by atoms with Crippen LogP contribution in [0.1, 0.15) is 31.2 Å². The largest absolute Gasteiger partial charge is 0.490 e. The Morgan fingerprint density at radius 2 is 1.69 bits per heavy atom. The minimum atomic E-state index is -4.41. The van der Waals surface area contributed by atoms with Crippen molar-refractivity contribution in [2.45, 2.75) is 41.4 Å². The number of carbonyl (C=O) groups excluding carboxylic acids is 1. The molecule has 2 fully saturated rings. The highest BCUT2D eigenvalue weighted by Crippen LogP contribution is 2.56. The van der Waals surface area contributed by atoms with Crippen LogP contribution in [-0.2, 0) is 34.0 Å². The number of amides is 1. The van der Waals surface area contributed by atoms with E-state index in [0.717, 1.165) is 25.0 Å². The van der Waals surface area contributed by atoms with Crippen molar-refractivity contribution in [1.29, 1.82) is 0 Å². The van der Waals surface area contributed by atoms with Gasteiger partial charge in [-0.25, -0.2) is 25.6 Å². The summed E-state index contributed by atoms with van der Waals surface area (Å²) in [4.78, 5) is 13.8. The number of ether oxygens (including phenoxy) is 2. The number of sulfone groups is 2. The molecule has 0 spiro atoms. The van der Waals surface area contributed by atoms with Crippen LogP contribution >= 0.6 is 11.6 Å². The molecule has 2 aromatic carbocycles. The van der Waals surface area contributed by atoms with Crippen molar-refractivity contribution >= 4 is 37.2 Å². The van der Waals surface area contributed by atoms with Crippen molar-refractivity contribution in [1.82, 2.24) is 4.90 Å². The summed E-state index contributed by atoms with van der Waals surface area (Å²) in [6, 6.07) is 7.12. The maximum atomic E-state index is 15.5. The second-order valence-electron chi connectivity index (χ2n) is 10.1. The molecule has 39 heavy (non-hydrogen) atoms. The van der Waals surface area contributed by atoms with Gasteiger partial charge in [-0.1, -0.05) is 11.6 Å². The zero-order valence-electron chi connectivity index (χ0n) is 20.9. The number of benzene rings is 2. The molecule has 13 heteroatoms. The summed E-state index contributed by atoms with van der Waals surface area (Å²) in [6.45, 7) is 0.561. The molecule has 3 heterocycles. The second kappa shape index (κ2) is 10.6. The van der Waals surface area contributed by atoms with Gasteiger partial charge in [-0.3, -0.25) is 4.79 Å². The third-order valence-electron chi connectivity index (χ3n) is 7.86. The highest BCUT2D eigenvalue weighted by molar-refractivity contribution is 7.92. The van der Waals surface area contributed by atoms with Gasteiger partial charge in [0, 0.05) is 30.6 Å². The third-order valence-corrected chi connectivity index (χ3v) is 12.2. The molecule has 0 aromatic heterocycles. The molecule has 0 bridgehead atoms. The monoisotopic (exact) mass is 603 g/mol. The topological polar surface area (TPSA) is 107 Å². The number of likely N-dealkylation sites (tertiary alicyclic amines) is 1. The van der Waals surface area contributed by atoms with Gasteiger partial charge in [0.25, 0.3) is 0 Å². The summed E-state index contributed by atoms with van der Waals surface area (Å²) < 4.78 is 94.1. The molecule has 3 atom stereocenters. The lowest BCUT2D eigenvalue weighted by Crippen LogP contribution is -2.57. The lowest BCUT2D eigenvalue weighted by molar-refractivity contribution is -0.127. The van der Waals surface area contributed by atoms with Crippen LogP contribution in [-0.4, -0.2) is 71.6 Å². The molecule has 0 aliphatic carbocycles. The molecule has 0 unspecified atom stereocenters. The molecule has 2 aromatic rings. The number of carbonyl (C=O) groups is 1. The van der Waals surface area contributed by atoms with E-state index < -0.39 is 76.8 Å². The van der Waals surface area contributed by atoms with Crippen LogP contribution in [0.4, 0.5) is 8.78 Å². The Balaban J connectivity index is 1.51. The quantitative estimate of drug-likeness (QED) is 0.477. The van der Waals surface area contributed by atoms with Gasteiger partial charge >= 0.3 is 0 Å². The third kappa shape index (κ3) is 5.05. The van der Waals surface area contributed by atoms with Gasteiger partial charge in [0.05, 0.1) is 28.9 Å². The molecule has 0 radical (unpaired) electrons. The SMILES string of the molecule is O=C(CS(=O)(=O)CC[C@@H]1OCC[C@@]2(S(=O)(=O)c3ccc(Cl)cc3)c3c(F)ccc(F)c3OC[C@@H]12)N1CCCC1. The molecule has 1 amide bonds. The number of nitrogens with zero attached hydrogens (tertiary/aromatic N) is 1. The first-order chi connectivity index (χ1) is 18.5. The van der Waals surface area contributed by atoms with Gasteiger partial charge in [0.1, 0.15) is 16.3 Å². The van der Waals surface area contributed by atoms with E-state index in [9.17, 15) is 26.0 Å². The normalized spacial score (nSPS) is 25.1. The highest BCUT2D eigenvalue weighted by Gasteiger charge is 2.61. The fourth-order valence-electron chi connectivity index (χ4n) is 5.95. The Bertz CT molecular complexity index is 1480. The average Bonchev–Trinajstić information content (AvgIpc) is 3.44. The summed E-state index contributed by atoms with van der Waals surface area (Å²) in [7, 11) is -8.26. The summed E-state index contributed by atoms with van der Waals surface area (Å²) in [5.41, 5.74) is -0.422. The van der Waals surface area contributed by atoms with Crippen LogP contribution in [0.2, 0.25) is 5.02 Å². The van der Waals surface area contributed by atoms with Crippen molar-refractivity contribution in [2.75, 3.05) is 37.8 Å². The van der Waals surface area contributed by atoms with Crippen molar-refractivity contribution in [3.63, 3.8) is 0 Å². The summed E-state index contributed by atoms with van der Waals surface area (Å²) in [5.74, 6) is -4.95. The smallest absolute Gasteiger partial charge is 0.237 e. The van der Waals surface area contributed by atoms with Crippen LogP contribution < -0.4 is 4.74 Å². The van der Waals surface area contributed by atoms with Crippen LogP contribution in [0.25, 0.3) is 0 Å². The molecular formula is C26H28ClF2NO7S2. The minimum absolute atomic E-state index is 0.141. The van der Waals surface area contributed by atoms with Crippen molar-refractivity contribution in [2.24, 2.45) is 5.92 Å².